The van der Waals surface area contributed by atoms with E-state index >= 15 is 0 Å². The summed E-state index contributed by atoms with van der Waals surface area (Å²) in [7, 11) is 0. The molecule has 1 amide bonds. The van der Waals surface area contributed by atoms with Crippen LogP contribution in [0.1, 0.15) is 63.0 Å². The molecule has 8 heteroatoms. The summed E-state index contributed by atoms with van der Waals surface area (Å²) < 4.78 is 6.81. The first-order valence-electron chi connectivity index (χ1n) is 13.9. The van der Waals surface area contributed by atoms with Crippen molar-refractivity contribution in [3.8, 4) is 11.5 Å². The third kappa shape index (κ3) is 3.00. The molecule has 0 radical (unpaired) electrons. The highest BCUT2D eigenvalue weighted by Crippen LogP contribution is 2.66. The zero-order chi connectivity index (χ0) is 24.8. The third-order valence-corrected chi connectivity index (χ3v) is 10.5. The van der Waals surface area contributed by atoms with E-state index in [-0.39, 0.29) is 35.8 Å². The number of phenolic OH excluding ortho intramolecular Hbond substituents is 1. The van der Waals surface area contributed by atoms with Crippen molar-refractivity contribution in [2.45, 2.75) is 87.4 Å². The van der Waals surface area contributed by atoms with Crippen LogP contribution in [0.25, 0.3) is 0 Å². The number of benzene rings is 1. The third-order valence-electron chi connectivity index (χ3n) is 10.5. The molecule has 0 aromatic heterocycles. The second-order valence-corrected chi connectivity index (χ2v) is 12.3. The van der Waals surface area contributed by atoms with Crippen molar-refractivity contribution < 1.29 is 24.5 Å². The lowest BCUT2D eigenvalue weighted by atomic mass is 9.46. The molecule has 194 valence electrons. The van der Waals surface area contributed by atoms with E-state index in [1.165, 1.54) is 18.4 Å². The van der Waals surface area contributed by atoms with Gasteiger partial charge in [-0.2, -0.15) is 0 Å². The number of phenols is 1. The number of carboxylic acid groups (broad SMARTS) is 1. The molecule has 1 aromatic carbocycles. The van der Waals surface area contributed by atoms with E-state index in [2.05, 4.69) is 21.2 Å². The Morgan fingerprint density at radius 1 is 1.11 bits per heavy atom. The summed E-state index contributed by atoms with van der Waals surface area (Å²) in [5.41, 5.74) is 1.56. The molecule has 2 saturated heterocycles. The minimum absolute atomic E-state index is 0.00386. The Bertz CT molecular complexity index is 1110. The lowest BCUT2D eigenvalue weighted by Gasteiger charge is -2.67. The van der Waals surface area contributed by atoms with Crippen LogP contribution in [-0.2, 0) is 21.4 Å². The molecule has 7 rings (SSSR count). The number of aliphatic carboxylic acids is 1. The van der Waals surface area contributed by atoms with Crippen molar-refractivity contribution in [3.63, 3.8) is 0 Å². The maximum atomic E-state index is 12.8. The number of aromatic hydroxyl groups is 1. The fourth-order valence-electron chi connectivity index (χ4n) is 8.92. The average Bonchev–Trinajstić information content (AvgIpc) is 3.59. The molecule has 5 atom stereocenters. The number of likely N-dealkylation sites (tertiary alicyclic amines) is 2. The summed E-state index contributed by atoms with van der Waals surface area (Å²) in [5.74, 6) is 0.615. The molecule has 3 heterocycles. The Labute approximate surface area is 212 Å². The van der Waals surface area contributed by atoms with Crippen LogP contribution in [0.5, 0.6) is 11.5 Å². The minimum Gasteiger partial charge on any atom is -0.504 e. The van der Waals surface area contributed by atoms with Gasteiger partial charge in [0.15, 0.2) is 11.5 Å². The molecule has 2 bridgehead atoms. The van der Waals surface area contributed by atoms with Gasteiger partial charge in [-0.3, -0.25) is 19.4 Å². The van der Waals surface area contributed by atoms with E-state index in [4.69, 9.17) is 4.74 Å². The summed E-state index contributed by atoms with van der Waals surface area (Å²) in [6.45, 7) is 5.21. The number of carbonyl (C=O) groups is 2. The zero-order valence-electron chi connectivity index (χ0n) is 21.0. The molecule has 3 aliphatic heterocycles. The molecule has 2 saturated carbocycles. The second-order valence-electron chi connectivity index (χ2n) is 12.3. The van der Waals surface area contributed by atoms with Crippen molar-refractivity contribution >= 4 is 11.9 Å². The minimum atomic E-state index is -0.696. The quantitative estimate of drug-likeness (QED) is 0.576. The van der Waals surface area contributed by atoms with Crippen LogP contribution in [0.4, 0.5) is 0 Å². The summed E-state index contributed by atoms with van der Waals surface area (Å²) in [6, 6.07) is 4.20. The summed E-state index contributed by atoms with van der Waals surface area (Å²) in [5, 5.41) is 24.0. The van der Waals surface area contributed by atoms with Gasteiger partial charge >= 0.3 is 5.97 Å². The van der Waals surface area contributed by atoms with E-state index in [0.29, 0.717) is 18.6 Å². The van der Waals surface area contributed by atoms with Crippen molar-refractivity contribution in [3.05, 3.63) is 23.3 Å². The Morgan fingerprint density at radius 3 is 2.58 bits per heavy atom. The van der Waals surface area contributed by atoms with Gasteiger partial charge in [0.1, 0.15) is 6.10 Å². The fourth-order valence-corrected chi connectivity index (χ4v) is 8.92. The number of hydrogen-bond donors (Lipinski definition) is 3. The van der Waals surface area contributed by atoms with Crippen molar-refractivity contribution in [1.29, 1.82) is 0 Å². The topological polar surface area (TPSA) is 102 Å². The Hall–Kier alpha value is -2.32. The van der Waals surface area contributed by atoms with Gasteiger partial charge in [-0.25, -0.2) is 0 Å². The van der Waals surface area contributed by atoms with Gasteiger partial charge in [0.05, 0.1) is 16.9 Å². The van der Waals surface area contributed by atoms with E-state index in [1.807, 2.05) is 0 Å². The van der Waals surface area contributed by atoms with E-state index in [1.54, 1.807) is 13.0 Å². The molecule has 3 N–H and O–H groups in total. The molecule has 3 aliphatic carbocycles. The summed E-state index contributed by atoms with van der Waals surface area (Å²) in [4.78, 5) is 29.5. The number of ether oxygens (including phenoxy) is 1. The highest BCUT2D eigenvalue weighted by atomic mass is 16.5. The van der Waals surface area contributed by atoms with Gasteiger partial charge in [0, 0.05) is 31.1 Å². The van der Waals surface area contributed by atoms with Crippen LogP contribution in [0.3, 0.4) is 0 Å². The summed E-state index contributed by atoms with van der Waals surface area (Å²) >= 11 is 0. The maximum Gasteiger partial charge on any atom is 0.306 e. The largest absolute Gasteiger partial charge is 0.504 e. The number of amides is 1. The fraction of sp³-hybridized carbons (Fsp3) is 0.714. The highest BCUT2D eigenvalue weighted by Gasteiger charge is 2.74. The molecule has 1 spiro atoms. The smallest absolute Gasteiger partial charge is 0.306 e. The maximum absolute atomic E-state index is 12.8. The molecular formula is C28H37N3O5. The molecule has 8 nitrogen and oxygen atoms in total. The Kier molecular flexibility index (Phi) is 4.98. The summed E-state index contributed by atoms with van der Waals surface area (Å²) in [6.07, 6.45) is 7.26. The van der Waals surface area contributed by atoms with Crippen LogP contribution in [-0.4, -0.2) is 81.8 Å². The van der Waals surface area contributed by atoms with Crippen LogP contribution in [0, 0.1) is 11.8 Å². The zero-order valence-corrected chi connectivity index (χ0v) is 21.0. The SMILES string of the molecule is CC(=O)N[C@@]12CC[C@@H](N3CCC(C(=O)O)CC3)C3Oc4c(O)ccc5c4[C@@]31CCN(CC1CC1)[C@@H]2C5. The van der Waals surface area contributed by atoms with Gasteiger partial charge < -0.3 is 20.3 Å². The second kappa shape index (κ2) is 7.84. The first-order chi connectivity index (χ1) is 17.3. The highest BCUT2D eigenvalue weighted by molar-refractivity contribution is 5.76. The number of nitrogens with one attached hydrogen (secondary N) is 1. The lowest BCUT2D eigenvalue weighted by molar-refractivity contribution is -0.146. The van der Waals surface area contributed by atoms with E-state index < -0.39 is 16.9 Å². The van der Waals surface area contributed by atoms with Gasteiger partial charge in [0.25, 0.3) is 0 Å². The standard InChI is InChI=1S/C28H37N3O5/c1-16(32)29-28-9-6-20(30-11-7-18(8-12-30)26(34)35)25-27(28)10-13-31(15-17-2-3-17)22(28)14-19-4-5-21(33)24(36-25)23(19)27/h4-5,17-18,20,22,25,33H,2-3,6-15H2,1H3,(H,29,32)(H,34,35)/t20-,22-,25?,27+,28-/m1/s1. The normalized spacial score (nSPS) is 37.8. The van der Waals surface area contributed by atoms with Gasteiger partial charge in [-0.05, 0) is 88.5 Å². The van der Waals surface area contributed by atoms with Crippen LogP contribution < -0.4 is 10.1 Å². The van der Waals surface area contributed by atoms with E-state index in [0.717, 1.165) is 63.3 Å². The molecule has 4 fully saturated rings. The molecule has 1 unspecified atom stereocenters. The van der Waals surface area contributed by atoms with Crippen LogP contribution in [0.15, 0.2) is 12.1 Å². The first-order valence-corrected chi connectivity index (χ1v) is 13.9. The lowest BCUT2D eigenvalue weighted by Crippen LogP contribution is -2.83. The number of rotatable bonds is 5. The van der Waals surface area contributed by atoms with Crippen molar-refractivity contribution in [2.24, 2.45) is 11.8 Å². The van der Waals surface area contributed by atoms with E-state index in [9.17, 15) is 19.8 Å². The number of nitrogens with zero attached hydrogens (tertiary/aromatic N) is 2. The number of piperidine rings is 2. The Balaban J connectivity index is 1.33. The molecule has 6 aliphatic rings. The van der Waals surface area contributed by atoms with Gasteiger partial charge in [0.2, 0.25) is 5.91 Å². The predicted octanol–water partition coefficient (Wildman–Crippen LogP) is 2.27. The number of carboxylic acids is 1. The predicted molar refractivity (Wildman–Crippen MR) is 132 cm³/mol. The molecule has 1 aromatic rings. The number of carbonyl (C=O) groups excluding carboxylic acids is 1. The number of hydrogen-bond acceptors (Lipinski definition) is 6. The molecule has 36 heavy (non-hydrogen) atoms. The van der Waals surface area contributed by atoms with Crippen molar-refractivity contribution in [2.75, 3.05) is 26.2 Å². The Morgan fingerprint density at radius 2 is 1.89 bits per heavy atom. The van der Waals surface area contributed by atoms with Crippen LogP contribution >= 0.6 is 0 Å². The van der Waals surface area contributed by atoms with Crippen LogP contribution in [0.2, 0.25) is 0 Å². The average molecular weight is 496 g/mol. The van der Waals surface area contributed by atoms with Gasteiger partial charge in [-0.15, -0.1) is 0 Å². The monoisotopic (exact) mass is 495 g/mol. The first kappa shape index (κ1) is 22.8. The van der Waals surface area contributed by atoms with Crippen molar-refractivity contribution in [1.82, 2.24) is 15.1 Å². The van der Waals surface area contributed by atoms with Gasteiger partial charge in [-0.1, -0.05) is 6.07 Å². The molecular weight excluding hydrogens is 458 g/mol.